The van der Waals surface area contributed by atoms with Crippen LogP contribution in [0.4, 0.5) is 0 Å². The maximum Gasteiger partial charge on any atom is 0.328 e. The Balaban J connectivity index is 4.35. The van der Waals surface area contributed by atoms with Crippen molar-refractivity contribution in [1.82, 2.24) is 10.6 Å². The Bertz CT molecular complexity index is 1160. The molecule has 58 heavy (non-hydrogen) atoms. The first-order valence-corrected chi connectivity index (χ1v) is 23.2. The van der Waals surface area contributed by atoms with E-state index in [1.165, 1.54) is 64.2 Å². The highest BCUT2D eigenvalue weighted by molar-refractivity contribution is 5.87. The lowest BCUT2D eigenvalue weighted by atomic mass is 10.0. The molecule has 0 aromatic carbocycles. The number of carbonyl (C=O) groups excluding carboxylic acids is 3. The largest absolute Gasteiger partial charge is 0.480 e. The summed E-state index contributed by atoms with van der Waals surface area (Å²) in [6, 6.07) is -1.39. The number of carbonyl (C=O) groups is 4. The van der Waals surface area contributed by atoms with Gasteiger partial charge in [-0.1, -0.05) is 164 Å². The molecule has 0 radical (unpaired) electrons. The molecule has 0 spiro atoms. The lowest BCUT2D eigenvalue weighted by Crippen LogP contribution is -2.47. The van der Waals surface area contributed by atoms with Crippen LogP contribution in [0, 0.1) is 0 Å². The van der Waals surface area contributed by atoms with Gasteiger partial charge in [0.2, 0.25) is 11.8 Å². The van der Waals surface area contributed by atoms with Gasteiger partial charge in [0.25, 0.3) is 0 Å². The topological polar surface area (TPSA) is 142 Å². The van der Waals surface area contributed by atoms with Crippen molar-refractivity contribution in [3.8, 4) is 0 Å². The van der Waals surface area contributed by atoms with Crippen LogP contribution in [0.25, 0.3) is 0 Å². The average molecular weight is 813 g/mol. The van der Waals surface area contributed by atoms with Crippen LogP contribution >= 0.6 is 0 Å². The van der Waals surface area contributed by atoms with Crippen LogP contribution in [-0.4, -0.2) is 59.3 Å². The predicted molar refractivity (Wildman–Crippen MR) is 240 cm³/mol. The molecule has 0 aromatic heterocycles. The maximum atomic E-state index is 12.8. The molecule has 0 heterocycles. The molecule has 9 nitrogen and oxygen atoms in total. The zero-order chi connectivity index (χ0) is 42.6. The van der Waals surface area contributed by atoms with Crippen molar-refractivity contribution in [3.05, 3.63) is 60.8 Å². The molecule has 0 bridgehead atoms. The van der Waals surface area contributed by atoms with Crippen LogP contribution in [0.2, 0.25) is 0 Å². The van der Waals surface area contributed by atoms with E-state index in [-0.39, 0.29) is 30.9 Å². The molecule has 2 atom stereocenters. The summed E-state index contributed by atoms with van der Waals surface area (Å²) in [6.07, 6.45) is 52.4. The highest BCUT2D eigenvalue weighted by Gasteiger charge is 2.19. The summed E-state index contributed by atoms with van der Waals surface area (Å²) < 4.78 is 6.03. The summed E-state index contributed by atoms with van der Waals surface area (Å²) in [7, 11) is 0. The van der Waals surface area contributed by atoms with Crippen molar-refractivity contribution in [1.29, 1.82) is 0 Å². The number of aliphatic hydroxyl groups excluding tert-OH is 1. The van der Waals surface area contributed by atoms with Gasteiger partial charge in [-0.25, -0.2) is 4.79 Å². The normalized spacial score (nSPS) is 13.0. The van der Waals surface area contributed by atoms with E-state index < -0.39 is 24.5 Å². The van der Waals surface area contributed by atoms with Crippen molar-refractivity contribution in [2.24, 2.45) is 0 Å². The van der Waals surface area contributed by atoms with E-state index in [2.05, 4.69) is 85.2 Å². The van der Waals surface area contributed by atoms with Crippen molar-refractivity contribution >= 4 is 23.8 Å². The summed E-state index contributed by atoms with van der Waals surface area (Å²) in [5.74, 6) is -2.33. The molecule has 0 fully saturated rings. The van der Waals surface area contributed by atoms with Gasteiger partial charge in [-0.05, 0) is 83.5 Å². The molecule has 0 aliphatic carbocycles. The van der Waals surface area contributed by atoms with E-state index >= 15 is 0 Å². The third-order valence-electron chi connectivity index (χ3n) is 10.0. The molecule has 0 saturated carbocycles. The minimum Gasteiger partial charge on any atom is -0.480 e. The van der Waals surface area contributed by atoms with E-state index in [4.69, 9.17) is 14.9 Å². The van der Waals surface area contributed by atoms with E-state index in [1.807, 2.05) is 0 Å². The molecule has 0 aromatic rings. The minimum absolute atomic E-state index is 0.0316. The zero-order valence-electron chi connectivity index (χ0n) is 36.8. The first kappa shape index (κ1) is 54.5. The van der Waals surface area contributed by atoms with Gasteiger partial charge in [0.15, 0.2) is 0 Å². The summed E-state index contributed by atoms with van der Waals surface area (Å²) in [4.78, 5) is 47.6. The number of amides is 2. The second-order valence-corrected chi connectivity index (χ2v) is 15.5. The molecule has 0 aliphatic rings. The molecular formula is C49H84N2O7. The molecule has 332 valence electrons. The number of unbranched alkanes of at least 4 members (excludes halogenated alkanes) is 17. The lowest BCUT2D eigenvalue weighted by molar-refractivity contribution is -0.150. The van der Waals surface area contributed by atoms with E-state index in [0.29, 0.717) is 12.8 Å². The van der Waals surface area contributed by atoms with Gasteiger partial charge in [-0.2, -0.15) is 0 Å². The number of allylic oxidation sites excluding steroid dienone is 10. The Labute approximate surface area is 353 Å². The van der Waals surface area contributed by atoms with E-state index in [0.717, 1.165) is 103 Å². The Kier molecular flexibility index (Phi) is 40.6. The summed E-state index contributed by atoms with van der Waals surface area (Å²) in [6.45, 7) is 3.37. The minimum atomic E-state index is -1.39. The van der Waals surface area contributed by atoms with Crippen LogP contribution in [0.1, 0.15) is 200 Å². The van der Waals surface area contributed by atoms with Gasteiger partial charge in [0.1, 0.15) is 12.1 Å². The molecule has 0 saturated heterocycles. The van der Waals surface area contributed by atoms with Crippen molar-refractivity contribution in [3.63, 3.8) is 0 Å². The fourth-order valence-electron chi connectivity index (χ4n) is 6.51. The smallest absolute Gasteiger partial charge is 0.328 e. The number of carboxylic acids is 1. The second-order valence-electron chi connectivity index (χ2n) is 15.5. The molecule has 2 unspecified atom stereocenters. The quantitative estimate of drug-likeness (QED) is 0.0273. The fourth-order valence-corrected chi connectivity index (χ4v) is 6.51. The first-order valence-electron chi connectivity index (χ1n) is 23.2. The lowest BCUT2D eigenvalue weighted by Gasteiger charge is -2.18. The van der Waals surface area contributed by atoms with Crippen LogP contribution in [0.3, 0.4) is 0 Å². The third kappa shape index (κ3) is 39.4. The third-order valence-corrected chi connectivity index (χ3v) is 10.0. The number of aliphatic carboxylic acids is 1. The Morgan fingerprint density at radius 3 is 1.48 bits per heavy atom. The first-order chi connectivity index (χ1) is 28.3. The van der Waals surface area contributed by atoms with Gasteiger partial charge in [-0.3, -0.25) is 14.4 Å². The molecular weight excluding hydrogens is 729 g/mol. The standard InChI is InChI=1S/C49H84N2O7/c1-3-5-7-9-11-13-15-16-17-18-19-20-21-22-24-26-28-33-37-41-48(55)58-44(38-34-30-27-25-23-14-12-10-8-6-4-2)39-35-31-29-32-36-40-46(53)50-42-47(54)51-45(43-52)49(56)57/h5,7,11,13,16-17,19-20,22,24,44-45,52H,3-4,6,8-10,12,14-15,18,21,23,25-43H2,1-2H3,(H,50,53)(H,51,54)(H,56,57)/b7-5-,13-11-,17-16-,20-19-,24-22-. The van der Waals surface area contributed by atoms with E-state index in [1.54, 1.807) is 0 Å². The molecule has 0 rings (SSSR count). The summed E-state index contributed by atoms with van der Waals surface area (Å²) >= 11 is 0. The predicted octanol–water partition coefficient (Wildman–Crippen LogP) is 11.7. The number of carboxylic acid groups (broad SMARTS) is 1. The number of nitrogens with one attached hydrogen (secondary N) is 2. The SMILES string of the molecule is CC/C=C\C/C=C\C/C=C\C/C=C\C/C=C\CCCCCC(=O)OC(CCCCCCCCCCCCC)CCCCCCCC(=O)NCC(=O)NC(CO)C(=O)O. The molecule has 9 heteroatoms. The second kappa shape index (κ2) is 43.1. The van der Waals surface area contributed by atoms with Gasteiger partial charge in [0, 0.05) is 12.8 Å². The summed E-state index contributed by atoms with van der Waals surface area (Å²) in [5.41, 5.74) is 0. The van der Waals surface area contributed by atoms with Gasteiger partial charge in [0.05, 0.1) is 13.2 Å². The Morgan fingerprint density at radius 2 is 0.983 bits per heavy atom. The van der Waals surface area contributed by atoms with Gasteiger partial charge >= 0.3 is 11.9 Å². The zero-order valence-corrected chi connectivity index (χ0v) is 36.8. The number of ether oxygens (including phenoxy) is 1. The highest BCUT2D eigenvalue weighted by Crippen LogP contribution is 2.19. The highest BCUT2D eigenvalue weighted by atomic mass is 16.5. The van der Waals surface area contributed by atoms with E-state index in [9.17, 15) is 19.2 Å². The Hall–Kier alpha value is -3.46. The van der Waals surface area contributed by atoms with Crippen LogP contribution in [0.15, 0.2) is 60.8 Å². The van der Waals surface area contributed by atoms with Crippen LogP contribution in [-0.2, 0) is 23.9 Å². The fraction of sp³-hybridized carbons (Fsp3) is 0.714. The molecule has 0 aliphatic heterocycles. The molecule has 4 N–H and O–H groups in total. The number of aliphatic hydroxyl groups is 1. The average Bonchev–Trinajstić information content (AvgIpc) is 3.21. The number of rotatable bonds is 41. The summed E-state index contributed by atoms with van der Waals surface area (Å²) in [5, 5.41) is 22.6. The van der Waals surface area contributed by atoms with Crippen molar-refractivity contribution in [2.75, 3.05) is 13.2 Å². The van der Waals surface area contributed by atoms with Crippen LogP contribution in [0.5, 0.6) is 0 Å². The maximum absolute atomic E-state index is 12.8. The molecule has 2 amide bonds. The number of esters is 1. The van der Waals surface area contributed by atoms with Gasteiger partial charge < -0.3 is 25.6 Å². The monoisotopic (exact) mass is 813 g/mol. The van der Waals surface area contributed by atoms with Crippen molar-refractivity contribution < 1.29 is 34.1 Å². The number of hydrogen-bond acceptors (Lipinski definition) is 6. The Morgan fingerprint density at radius 1 is 0.534 bits per heavy atom. The van der Waals surface area contributed by atoms with Crippen LogP contribution < -0.4 is 10.6 Å². The number of hydrogen-bond donors (Lipinski definition) is 4. The van der Waals surface area contributed by atoms with Crippen molar-refractivity contribution in [2.45, 2.75) is 212 Å². The van der Waals surface area contributed by atoms with Gasteiger partial charge in [-0.15, -0.1) is 0 Å².